The van der Waals surface area contributed by atoms with Crippen LogP contribution >= 0.6 is 0 Å². The summed E-state index contributed by atoms with van der Waals surface area (Å²) in [5.74, 6) is 0.0646. The first-order chi connectivity index (χ1) is 13.3. The summed E-state index contributed by atoms with van der Waals surface area (Å²) in [4.78, 5) is 15.2. The molecule has 1 aliphatic heterocycles. The standard InChI is InChI=1S/C22H30N4O/c27-22(21-17-26(24-23-21)20-12-5-2-6-13-20)25-16-8-7-11-19(25)15-14-18-9-3-1-4-10-18/h1,3-4,9-10,17,19-20H,2,5-8,11-16H2/t19-/m0/s1. The molecule has 1 aliphatic carbocycles. The molecule has 4 rings (SSSR count). The van der Waals surface area contributed by atoms with E-state index in [2.05, 4.69) is 45.5 Å². The Morgan fingerprint density at radius 2 is 1.78 bits per heavy atom. The van der Waals surface area contributed by atoms with Crippen LogP contribution in [0.5, 0.6) is 0 Å². The average Bonchev–Trinajstić information content (AvgIpc) is 3.24. The number of carbonyl (C=O) groups excluding carboxylic acids is 1. The number of carbonyl (C=O) groups is 1. The van der Waals surface area contributed by atoms with Crippen molar-refractivity contribution in [1.29, 1.82) is 0 Å². The fourth-order valence-corrected chi connectivity index (χ4v) is 4.59. The molecule has 1 saturated carbocycles. The molecule has 0 bridgehead atoms. The van der Waals surface area contributed by atoms with Crippen LogP contribution in [0.1, 0.15) is 79.9 Å². The summed E-state index contributed by atoms with van der Waals surface area (Å²) in [6, 6.07) is 11.3. The third-order valence-corrected chi connectivity index (χ3v) is 6.18. The highest BCUT2D eigenvalue weighted by Crippen LogP contribution is 2.28. The number of piperidine rings is 1. The molecule has 1 amide bonds. The molecule has 144 valence electrons. The van der Waals surface area contributed by atoms with Gasteiger partial charge >= 0.3 is 0 Å². The molecule has 0 N–H and O–H groups in total. The molecule has 1 aromatic carbocycles. The molecule has 0 spiro atoms. The van der Waals surface area contributed by atoms with Gasteiger partial charge in [-0.1, -0.05) is 54.8 Å². The third kappa shape index (κ3) is 4.40. The maximum Gasteiger partial charge on any atom is 0.276 e. The average molecular weight is 367 g/mol. The van der Waals surface area contributed by atoms with Crippen molar-refractivity contribution in [3.05, 3.63) is 47.8 Å². The Bertz CT molecular complexity index is 736. The smallest absolute Gasteiger partial charge is 0.276 e. The van der Waals surface area contributed by atoms with E-state index in [9.17, 15) is 4.79 Å². The highest BCUT2D eigenvalue weighted by atomic mass is 16.2. The SMILES string of the molecule is O=C(c1cn(C2CCCCC2)nn1)N1CCCC[C@H]1CCc1ccccc1. The molecule has 0 unspecified atom stereocenters. The first-order valence-corrected chi connectivity index (χ1v) is 10.6. The van der Waals surface area contributed by atoms with Gasteiger partial charge < -0.3 is 4.90 Å². The third-order valence-electron chi connectivity index (χ3n) is 6.18. The molecule has 0 radical (unpaired) electrons. The molecule has 1 aromatic heterocycles. The minimum absolute atomic E-state index is 0.0646. The van der Waals surface area contributed by atoms with Crippen molar-refractivity contribution in [1.82, 2.24) is 19.9 Å². The van der Waals surface area contributed by atoms with E-state index in [1.165, 1.54) is 31.2 Å². The highest BCUT2D eigenvalue weighted by Gasteiger charge is 2.29. The predicted molar refractivity (Wildman–Crippen MR) is 106 cm³/mol. The Morgan fingerprint density at radius 1 is 1.00 bits per heavy atom. The first kappa shape index (κ1) is 18.2. The summed E-state index contributed by atoms with van der Waals surface area (Å²) in [6.45, 7) is 0.842. The molecule has 27 heavy (non-hydrogen) atoms. The Hall–Kier alpha value is -2.17. The van der Waals surface area contributed by atoms with Crippen molar-refractivity contribution in [2.45, 2.75) is 76.3 Å². The maximum atomic E-state index is 13.1. The first-order valence-electron chi connectivity index (χ1n) is 10.6. The van der Waals surface area contributed by atoms with Crippen LogP contribution in [0.15, 0.2) is 36.5 Å². The summed E-state index contributed by atoms with van der Waals surface area (Å²) in [6.07, 6.45) is 13.4. The van der Waals surface area contributed by atoms with Crippen molar-refractivity contribution < 1.29 is 4.79 Å². The summed E-state index contributed by atoms with van der Waals surface area (Å²) in [7, 11) is 0. The lowest BCUT2D eigenvalue weighted by Gasteiger charge is -2.35. The van der Waals surface area contributed by atoms with Crippen molar-refractivity contribution in [3.63, 3.8) is 0 Å². The number of aromatic nitrogens is 3. The van der Waals surface area contributed by atoms with E-state index in [1.54, 1.807) is 0 Å². The van der Waals surface area contributed by atoms with E-state index in [1.807, 2.05) is 10.9 Å². The van der Waals surface area contributed by atoms with E-state index < -0.39 is 0 Å². The van der Waals surface area contributed by atoms with Crippen molar-refractivity contribution in [3.8, 4) is 0 Å². The maximum absolute atomic E-state index is 13.1. The summed E-state index contributed by atoms with van der Waals surface area (Å²) in [5, 5.41) is 8.53. The molecule has 1 saturated heterocycles. The van der Waals surface area contributed by atoms with E-state index in [0.717, 1.165) is 45.1 Å². The van der Waals surface area contributed by atoms with Gasteiger partial charge in [-0.3, -0.25) is 4.79 Å². The molecular weight excluding hydrogens is 336 g/mol. The van der Waals surface area contributed by atoms with Crippen LogP contribution in [0, 0.1) is 0 Å². The number of rotatable bonds is 5. The second kappa shape index (κ2) is 8.68. The molecule has 1 atom stereocenters. The Kier molecular flexibility index (Phi) is 5.85. The van der Waals surface area contributed by atoms with Gasteiger partial charge in [-0.25, -0.2) is 4.68 Å². The summed E-state index contributed by atoms with van der Waals surface area (Å²) in [5.41, 5.74) is 1.87. The van der Waals surface area contributed by atoms with Gasteiger partial charge in [-0.05, 0) is 50.5 Å². The predicted octanol–water partition coefficient (Wildman–Crippen LogP) is 4.41. The van der Waals surface area contributed by atoms with Crippen LogP contribution < -0.4 is 0 Å². The molecular formula is C22H30N4O. The monoisotopic (exact) mass is 366 g/mol. The van der Waals surface area contributed by atoms with Crippen LogP contribution in [-0.2, 0) is 6.42 Å². The molecule has 2 aromatic rings. The van der Waals surface area contributed by atoms with Crippen molar-refractivity contribution in [2.24, 2.45) is 0 Å². The van der Waals surface area contributed by atoms with Gasteiger partial charge in [-0.15, -0.1) is 5.10 Å². The molecule has 2 aliphatic rings. The Labute approximate surface area is 161 Å². The van der Waals surface area contributed by atoms with Gasteiger partial charge in [0.05, 0.1) is 12.2 Å². The number of amides is 1. The van der Waals surface area contributed by atoms with E-state index in [-0.39, 0.29) is 5.91 Å². The number of aryl methyl sites for hydroxylation is 1. The highest BCUT2D eigenvalue weighted by molar-refractivity contribution is 5.92. The van der Waals surface area contributed by atoms with Gasteiger partial charge in [0.25, 0.3) is 5.91 Å². The summed E-state index contributed by atoms with van der Waals surface area (Å²) < 4.78 is 1.94. The fraction of sp³-hybridized carbons (Fsp3) is 0.591. The van der Waals surface area contributed by atoms with Crippen LogP contribution in [0.3, 0.4) is 0 Å². The zero-order valence-corrected chi connectivity index (χ0v) is 16.1. The molecule has 2 fully saturated rings. The lowest BCUT2D eigenvalue weighted by molar-refractivity contribution is 0.0595. The number of likely N-dealkylation sites (tertiary alicyclic amines) is 1. The fourth-order valence-electron chi connectivity index (χ4n) is 4.59. The lowest BCUT2D eigenvalue weighted by atomic mass is 9.95. The van der Waals surface area contributed by atoms with Crippen LogP contribution in [0.2, 0.25) is 0 Å². The zero-order chi connectivity index (χ0) is 18.5. The van der Waals surface area contributed by atoms with Crippen molar-refractivity contribution in [2.75, 3.05) is 6.54 Å². The normalized spacial score (nSPS) is 21.3. The van der Waals surface area contributed by atoms with E-state index in [4.69, 9.17) is 0 Å². The number of nitrogens with zero attached hydrogens (tertiary/aromatic N) is 4. The molecule has 5 heteroatoms. The van der Waals surface area contributed by atoms with Crippen LogP contribution in [0.25, 0.3) is 0 Å². The minimum Gasteiger partial charge on any atom is -0.334 e. The molecule has 5 nitrogen and oxygen atoms in total. The van der Waals surface area contributed by atoms with Gasteiger partial charge in [0.1, 0.15) is 0 Å². The van der Waals surface area contributed by atoms with E-state index >= 15 is 0 Å². The van der Waals surface area contributed by atoms with Crippen LogP contribution in [-0.4, -0.2) is 38.4 Å². The Morgan fingerprint density at radius 3 is 2.59 bits per heavy atom. The number of hydrogen-bond acceptors (Lipinski definition) is 3. The minimum atomic E-state index is 0.0646. The van der Waals surface area contributed by atoms with Gasteiger partial charge in [-0.2, -0.15) is 0 Å². The topological polar surface area (TPSA) is 51.0 Å². The molecule has 2 heterocycles. The van der Waals surface area contributed by atoms with E-state index in [0.29, 0.717) is 17.8 Å². The lowest BCUT2D eigenvalue weighted by Crippen LogP contribution is -2.44. The van der Waals surface area contributed by atoms with Crippen LogP contribution in [0.4, 0.5) is 0 Å². The second-order valence-corrected chi connectivity index (χ2v) is 8.05. The number of benzene rings is 1. The second-order valence-electron chi connectivity index (χ2n) is 8.05. The van der Waals surface area contributed by atoms with Crippen molar-refractivity contribution >= 4 is 5.91 Å². The van der Waals surface area contributed by atoms with Gasteiger partial charge in [0, 0.05) is 12.6 Å². The largest absolute Gasteiger partial charge is 0.334 e. The van der Waals surface area contributed by atoms with Gasteiger partial charge in [0.15, 0.2) is 5.69 Å². The summed E-state index contributed by atoms with van der Waals surface area (Å²) >= 11 is 0. The van der Waals surface area contributed by atoms with Gasteiger partial charge in [0.2, 0.25) is 0 Å². The quantitative estimate of drug-likeness (QED) is 0.787. The number of hydrogen-bond donors (Lipinski definition) is 0. The zero-order valence-electron chi connectivity index (χ0n) is 16.1. The Balaban J connectivity index is 1.41.